The normalized spacial score (nSPS) is 20.5. The van der Waals surface area contributed by atoms with E-state index in [0.29, 0.717) is 34.9 Å². The van der Waals surface area contributed by atoms with Gasteiger partial charge in [-0.15, -0.1) is 0 Å². The van der Waals surface area contributed by atoms with Crippen molar-refractivity contribution in [3.8, 4) is 0 Å². The van der Waals surface area contributed by atoms with E-state index in [2.05, 4.69) is 15.3 Å². The monoisotopic (exact) mass is 412 g/mol. The van der Waals surface area contributed by atoms with Gasteiger partial charge in [0.1, 0.15) is 11.6 Å². The molecule has 0 fully saturated rings. The van der Waals surface area contributed by atoms with Gasteiger partial charge in [-0.3, -0.25) is 19.7 Å². The minimum Gasteiger partial charge on any atom is -0.343 e. The number of nitro groups is 1. The lowest BCUT2D eigenvalue weighted by Crippen LogP contribution is -2.38. The van der Waals surface area contributed by atoms with E-state index in [9.17, 15) is 19.7 Å². The summed E-state index contributed by atoms with van der Waals surface area (Å²) in [5, 5.41) is 15.0. The van der Waals surface area contributed by atoms with Crippen LogP contribution in [0.2, 0.25) is 0 Å². The first kappa shape index (κ1) is 19.4. The lowest BCUT2D eigenvalue weighted by Gasteiger charge is -2.36. The minimum absolute atomic E-state index is 0.0376. The first-order valence-corrected chi connectivity index (χ1v) is 10.3. The lowest BCUT2D eigenvalue weighted by molar-refractivity contribution is -0.384. The van der Waals surface area contributed by atoms with Crippen molar-refractivity contribution in [2.75, 3.05) is 5.32 Å². The standard InChI is InChI=1S/C20H20N4O4S/c1-10(2)29-20-22-18-17(19(26)23-20)15(11-6-8-12(9-7-11)24(27)28)16-13(21-18)4-3-5-14(16)25/h4,6-10,15-16H,3,5H2,1-2H3,(H2,21,22,23,26)/t15-,16-/m0/s1. The Morgan fingerprint density at radius 3 is 2.59 bits per heavy atom. The predicted molar refractivity (Wildman–Crippen MR) is 110 cm³/mol. The Kier molecular flexibility index (Phi) is 4.99. The Bertz CT molecular complexity index is 1070. The highest BCUT2D eigenvalue weighted by Crippen LogP contribution is 2.45. The van der Waals surface area contributed by atoms with Crippen LogP contribution in [0.5, 0.6) is 0 Å². The van der Waals surface area contributed by atoms with E-state index in [-0.39, 0.29) is 22.3 Å². The number of allylic oxidation sites excluding steroid dienone is 2. The van der Waals surface area contributed by atoms with Gasteiger partial charge in [0, 0.05) is 35.4 Å². The topological polar surface area (TPSA) is 118 Å². The largest absolute Gasteiger partial charge is 0.343 e. The number of nitrogens with zero attached hydrogens (tertiary/aromatic N) is 2. The molecule has 1 aliphatic carbocycles. The summed E-state index contributed by atoms with van der Waals surface area (Å²) in [6.45, 7) is 4.02. The highest BCUT2D eigenvalue weighted by Gasteiger charge is 2.42. The smallest absolute Gasteiger partial charge is 0.269 e. The van der Waals surface area contributed by atoms with Gasteiger partial charge in [-0.05, 0) is 12.0 Å². The number of ketones is 1. The van der Waals surface area contributed by atoms with Crippen LogP contribution < -0.4 is 10.9 Å². The third-order valence-corrected chi connectivity index (χ3v) is 5.98. The average Bonchev–Trinajstić information content (AvgIpc) is 2.66. The zero-order valence-corrected chi connectivity index (χ0v) is 16.8. The Labute approximate surface area is 171 Å². The summed E-state index contributed by atoms with van der Waals surface area (Å²) in [7, 11) is 0. The molecular weight excluding hydrogens is 392 g/mol. The summed E-state index contributed by atoms with van der Waals surface area (Å²) in [4.78, 5) is 43.8. The number of rotatable bonds is 4. The number of carbonyl (C=O) groups is 1. The summed E-state index contributed by atoms with van der Waals surface area (Å²) >= 11 is 1.45. The van der Waals surface area contributed by atoms with Crippen LogP contribution in [-0.2, 0) is 4.79 Å². The van der Waals surface area contributed by atoms with E-state index in [1.807, 2.05) is 19.9 Å². The summed E-state index contributed by atoms with van der Waals surface area (Å²) in [5.74, 6) is -0.578. The molecule has 1 aromatic heterocycles. The Balaban J connectivity index is 1.89. The van der Waals surface area contributed by atoms with Crippen molar-refractivity contribution in [3.05, 3.63) is 67.6 Å². The fourth-order valence-corrected chi connectivity index (χ4v) is 4.65. The zero-order valence-electron chi connectivity index (χ0n) is 16.0. The van der Waals surface area contributed by atoms with Crippen molar-refractivity contribution >= 4 is 29.1 Å². The maximum Gasteiger partial charge on any atom is 0.269 e. The molecule has 4 rings (SSSR count). The molecule has 2 N–H and O–H groups in total. The molecule has 2 aromatic rings. The van der Waals surface area contributed by atoms with Crippen molar-refractivity contribution in [1.29, 1.82) is 0 Å². The van der Waals surface area contributed by atoms with Crippen molar-refractivity contribution in [1.82, 2.24) is 9.97 Å². The van der Waals surface area contributed by atoms with E-state index in [4.69, 9.17) is 0 Å². The fourth-order valence-electron chi connectivity index (χ4n) is 3.91. The summed E-state index contributed by atoms with van der Waals surface area (Å²) in [6, 6.07) is 6.04. The molecule has 29 heavy (non-hydrogen) atoms. The van der Waals surface area contributed by atoms with Crippen LogP contribution >= 0.6 is 11.8 Å². The zero-order chi connectivity index (χ0) is 20.7. The average molecular weight is 412 g/mol. The molecule has 0 bridgehead atoms. The molecule has 9 heteroatoms. The van der Waals surface area contributed by atoms with Gasteiger partial charge in [0.2, 0.25) is 0 Å². The number of fused-ring (bicyclic) bond motifs is 2. The van der Waals surface area contributed by atoms with Crippen molar-refractivity contribution in [2.24, 2.45) is 5.92 Å². The van der Waals surface area contributed by atoms with Crippen LogP contribution in [-0.4, -0.2) is 25.9 Å². The Hall–Kier alpha value is -2.94. The number of hydrogen-bond donors (Lipinski definition) is 2. The number of thioether (sulfide) groups is 1. The number of H-pyrrole nitrogens is 1. The van der Waals surface area contributed by atoms with Crippen LogP contribution in [0.25, 0.3) is 0 Å². The van der Waals surface area contributed by atoms with E-state index < -0.39 is 16.8 Å². The molecule has 0 saturated heterocycles. The van der Waals surface area contributed by atoms with E-state index in [1.54, 1.807) is 12.1 Å². The molecule has 150 valence electrons. The van der Waals surface area contributed by atoms with Gasteiger partial charge in [-0.25, -0.2) is 4.98 Å². The van der Waals surface area contributed by atoms with Crippen molar-refractivity contribution in [3.63, 3.8) is 0 Å². The summed E-state index contributed by atoms with van der Waals surface area (Å²) < 4.78 is 0. The molecule has 0 amide bonds. The second-order valence-electron chi connectivity index (χ2n) is 7.39. The molecule has 2 heterocycles. The summed E-state index contributed by atoms with van der Waals surface area (Å²) in [5.41, 5.74) is 1.48. The molecule has 0 spiro atoms. The number of hydrogen-bond acceptors (Lipinski definition) is 7. The number of Topliss-reactive ketones (excluding diaryl/α,β-unsaturated/α-hetero) is 1. The van der Waals surface area contributed by atoms with Crippen molar-refractivity contribution < 1.29 is 9.72 Å². The highest BCUT2D eigenvalue weighted by atomic mass is 32.2. The lowest BCUT2D eigenvalue weighted by atomic mass is 9.72. The molecular formula is C20H20N4O4S. The maximum absolute atomic E-state index is 13.0. The number of non-ortho nitro benzene ring substituents is 1. The molecule has 8 nitrogen and oxygen atoms in total. The van der Waals surface area contributed by atoms with Gasteiger partial charge in [0.25, 0.3) is 11.2 Å². The first-order valence-electron chi connectivity index (χ1n) is 9.40. The van der Waals surface area contributed by atoms with Crippen LogP contribution in [0, 0.1) is 16.0 Å². The number of anilines is 1. The number of benzene rings is 1. The first-order chi connectivity index (χ1) is 13.8. The third kappa shape index (κ3) is 3.57. The van der Waals surface area contributed by atoms with Gasteiger partial charge >= 0.3 is 0 Å². The second-order valence-corrected chi connectivity index (χ2v) is 8.96. The molecule has 2 aliphatic rings. The number of aromatic amines is 1. The highest BCUT2D eigenvalue weighted by molar-refractivity contribution is 7.99. The van der Waals surface area contributed by atoms with E-state index in [0.717, 1.165) is 5.70 Å². The molecule has 0 unspecified atom stereocenters. The Morgan fingerprint density at radius 1 is 1.21 bits per heavy atom. The third-order valence-electron chi connectivity index (χ3n) is 5.09. The SMILES string of the molecule is CC(C)Sc1nc2c(c(=O)[nH]1)[C@@H](c1ccc([N+](=O)[O-])cc1)[C@@H]1C(=O)CCC=C1N2. The van der Waals surface area contributed by atoms with Gasteiger partial charge < -0.3 is 10.3 Å². The fraction of sp³-hybridized carbons (Fsp3) is 0.350. The van der Waals surface area contributed by atoms with Crippen LogP contribution in [0.3, 0.4) is 0 Å². The molecule has 1 aliphatic heterocycles. The van der Waals surface area contributed by atoms with Crippen LogP contribution in [0.15, 0.2) is 46.0 Å². The maximum atomic E-state index is 13.0. The quantitative estimate of drug-likeness (QED) is 0.341. The van der Waals surface area contributed by atoms with Crippen molar-refractivity contribution in [2.45, 2.75) is 43.0 Å². The predicted octanol–water partition coefficient (Wildman–Crippen LogP) is 3.60. The molecule has 2 atom stereocenters. The second kappa shape index (κ2) is 7.47. The van der Waals surface area contributed by atoms with Gasteiger partial charge in [0.15, 0.2) is 5.16 Å². The summed E-state index contributed by atoms with van der Waals surface area (Å²) in [6.07, 6.45) is 3.02. The number of carbonyl (C=O) groups excluding carboxylic acids is 1. The number of nitro benzene ring substituents is 1. The van der Waals surface area contributed by atoms with Crippen LogP contribution in [0.1, 0.15) is 43.7 Å². The molecule has 0 saturated carbocycles. The van der Waals surface area contributed by atoms with Gasteiger partial charge in [-0.2, -0.15) is 0 Å². The van der Waals surface area contributed by atoms with Gasteiger partial charge in [-0.1, -0.05) is 43.8 Å². The number of nitrogens with one attached hydrogen (secondary N) is 2. The number of aromatic nitrogens is 2. The Morgan fingerprint density at radius 2 is 1.93 bits per heavy atom. The molecule has 0 radical (unpaired) electrons. The molecule has 1 aromatic carbocycles. The van der Waals surface area contributed by atoms with E-state index >= 15 is 0 Å². The van der Waals surface area contributed by atoms with E-state index in [1.165, 1.54) is 23.9 Å². The van der Waals surface area contributed by atoms with Gasteiger partial charge in [0.05, 0.1) is 16.4 Å². The van der Waals surface area contributed by atoms with Crippen LogP contribution in [0.4, 0.5) is 11.5 Å². The minimum atomic E-state index is -0.541.